The van der Waals surface area contributed by atoms with Gasteiger partial charge < -0.3 is 10.8 Å². The molecule has 0 radical (unpaired) electrons. The predicted octanol–water partition coefficient (Wildman–Crippen LogP) is 2.23. The smallest absolute Gasteiger partial charge is 0.220 e. The molecule has 0 aromatic rings. The third kappa shape index (κ3) is 2.67. The molecule has 1 rings (SSSR count). The molecule has 1 amide bonds. The first-order chi connectivity index (χ1) is 8.36. The molecule has 3 N–H and O–H groups in total. The highest BCUT2D eigenvalue weighted by molar-refractivity contribution is 8.16. The Labute approximate surface area is 111 Å². The van der Waals surface area contributed by atoms with Crippen LogP contribution in [0.2, 0.25) is 0 Å². The summed E-state index contributed by atoms with van der Waals surface area (Å²) in [6.07, 6.45) is 3.60. The Morgan fingerprint density at radius 2 is 2.22 bits per heavy atom. The van der Waals surface area contributed by atoms with Gasteiger partial charge in [-0.3, -0.25) is 9.59 Å². The zero-order valence-electron chi connectivity index (χ0n) is 10.5. The monoisotopic (exact) mass is 267 g/mol. The molecule has 18 heavy (non-hydrogen) atoms. The molecule has 1 heterocycles. The molecule has 0 fully saturated rings. The van der Waals surface area contributed by atoms with Crippen molar-refractivity contribution in [2.24, 2.45) is 5.73 Å². The van der Waals surface area contributed by atoms with Crippen molar-refractivity contribution >= 4 is 22.8 Å². The van der Waals surface area contributed by atoms with E-state index in [1.807, 2.05) is 0 Å². The van der Waals surface area contributed by atoms with Crippen LogP contribution in [0.3, 0.4) is 0 Å². The third-order valence-corrected chi connectivity index (χ3v) is 4.03. The van der Waals surface area contributed by atoms with Crippen molar-refractivity contribution in [3.8, 4) is 0 Å². The predicted molar refractivity (Wildman–Crippen MR) is 73.0 cm³/mol. The number of nitrogens with two attached hydrogens (primary N) is 1. The second-order valence-corrected chi connectivity index (χ2v) is 5.50. The number of carbonyl (C=O) groups excluding carboxylic acids is 2. The standard InChI is InChI=1S/C13H17NO3S/c1-4-8(3)6-13(7-10(14)15)11(16)9(5-2)12(17)18-13/h4,6,16H,1,5,7H2,2-3H3,(H2,14,15)/b8-6+/t13-/m0/s1. The number of aliphatic hydroxyl groups excluding tert-OH is 1. The van der Waals surface area contributed by atoms with E-state index in [2.05, 4.69) is 6.58 Å². The van der Waals surface area contributed by atoms with E-state index in [-0.39, 0.29) is 17.3 Å². The molecular formula is C13H17NO3S. The highest BCUT2D eigenvalue weighted by Crippen LogP contribution is 2.47. The molecule has 0 bridgehead atoms. The first-order valence-electron chi connectivity index (χ1n) is 5.62. The molecule has 5 heteroatoms. The Kier molecular flexibility index (Phi) is 4.40. The number of thioether (sulfide) groups is 1. The number of aliphatic hydroxyl groups is 1. The minimum absolute atomic E-state index is 0.0556. The number of amides is 1. The molecule has 1 atom stereocenters. The number of allylic oxidation sites excluding steroid dienone is 2. The van der Waals surface area contributed by atoms with Crippen LogP contribution in [0.5, 0.6) is 0 Å². The van der Waals surface area contributed by atoms with Crippen molar-refractivity contribution in [3.63, 3.8) is 0 Å². The molecular weight excluding hydrogens is 250 g/mol. The van der Waals surface area contributed by atoms with E-state index in [4.69, 9.17) is 5.73 Å². The molecule has 1 aliphatic heterocycles. The van der Waals surface area contributed by atoms with Gasteiger partial charge in [-0.25, -0.2) is 0 Å². The molecule has 0 saturated heterocycles. The van der Waals surface area contributed by atoms with E-state index >= 15 is 0 Å². The summed E-state index contributed by atoms with van der Waals surface area (Å²) in [7, 11) is 0. The van der Waals surface area contributed by atoms with Crippen LogP contribution in [0.1, 0.15) is 26.7 Å². The number of rotatable bonds is 5. The number of primary amides is 1. The van der Waals surface area contributed by atoms with Crippen molar-refractivity contribution in [2.75, 3.05) is 0 Å². The normalized spacial score (nSPS) is 24.6. The summed E-state index contributed by atoms with van der Waals surface area (Å²) in [5.74, 6) is -0.618. The lowest BCUT2D eigenvalue weighted by Crippen LogP contribution is -2.30. The van der Waals surface area contributed by atoms with Crippen molar-refractivity contribution in [2.45, 2.75) is 31.4 Å². The molecule has 0 saturated carbocycles. The van der Waals surface area contributed by atoms with Gasteiger partial charge in [-0.05, 0) is 13.3 Å². The first-order valence-corrected chi connectivity index (χ1v) is 6.44. The van der Waals surface area contributed by atoms with Gasteiger partial charge in [0.25, 0.3) is 0 Å². The molecule has 98 valence electrons. The zero-order chi connectivity index (χ0) is 13.9. The van der Waals surface area contributed by atoms with Gasteiger partial charge in [0.1, 0.15) is 10.5 Å². The van der Waals surface area contributed by atoms with Gasteiger partial charge in [0.15, 0.2) is 0 Å². The lowest BCUT2D eigenvalue weighted by atomic mass is 9.95. The molecule has 0 aromatic heterocycles. The highest BCUT2D eigenvalue weighted by Gasteiger charge is 2.46. The van der Waals surface area contributed by atoms with Crippen LogP contribution in [-0.2, 0) is 9.59 Å². The minimum atomic E-state index is -1.06. The van der Waals surface area contributed by atoms with Crippen molar-refractivity contribution in [1.29, 1.82) is 0 Å². The maximum atomic E-state index is 11.8. The molecule has 0 unspecified atom stereocenters. The number of hydrogen-bond donors (Lipinski definition) is 2. The van der Waals surface area contributed by atoms with E-state index in [0.717, 1.165) is 17.3 Å². The second-order valence-electron chi connectivity index (χ2n) is 4.20. The highest BCUT2D eigenvalue weighted by atomic mass is 32.2. The summed E-state index contributed by atoms with van der Waals surface area (Å²) in [6.45, 7) is 7.20. The Morgan fingerprint density at radius 1 is 1.61 bits per heavy atom. The maximum Gasteiger partial charge on any atom is 0.220 e. The molecule has 0 spiro atoms. The summed E-state index contributed by atoms with van der Waals surface area (Å²) in [4.78, 5) is 23.0. The lowest BCUT2D eigenvalue weighted by Gasteiger charge is -2.23. The molecule has 4 nitrogen and oxygen atoms in total. The lowest BCUT2D eigenvalue weighted by molar-refractivity contribution is -0.118. The van der Waals surface area contributed by atoms with E-state index in [9.17, 15) is 14.7 Å². The maximum absolute atomic E-state index is 11.8. The van der Waals surface area contributed by atoms with E-state index < -0.39 is 10.7 Å². The SMILES string of the molecule is C=C/C(C)=C/[C@@]1(CC(N)=O)SC(=O)C(CC)=C1O. The van der Waals surface area contributed by atoms with Gasteiger partial charge in [-0.2, -0.15) is 0 Å². The fourth-order valence-electron chi connectivity index (χ4n) is 1.89. The van der Waals surface area contributed by atoms with Crippen LogP contribution >= 0.6 is 11.8 Å². The van der Waals surface area contributed by atoms with Gasteiger partial charge in [0.05, 0.1) is 6.42 Å². The Bertz CT molecular complexity index is 465. The third-order valence-electron chi connectivity index (χ3n) is 2.78. The van der Waals surface area contributed by atoms with Crippen LogP contribution in [0.25, 0.3) is 0 Å². The quantitative estimate of drug-likeness (QED) is 0.748. The van der Waals surface area contributed by atoms with Gasteiger partial charge in [-0.15, -0.1) is 0 Å². The average Bonchev–Trinajstić information content (AvgIpc) is 2.49. The summed E-state index contributed by atoms with van der Waals surface area (Å²) < 4.78 is -1.06. The van der Waals surface area contributed by atoms with Crippen LogP contribution in [0.4, 0.5) is 0 Å². The van der Waals surface area contributed by atoms with Crippen LogP contribution in [-0.4, -0.2) is 20.9 Å². The first kappa shape index (κ1) is 14.6. The van der Waals surface area contributed by atoms with Crippen molar-refractivity contribution in [1.82, 2.24) is 0 Å². The zero-order valence-corrected chi connectivity index (χ0v) is 11.3. The van der Waals surface area contributed by atoms with Crippen molar-refractivity contribution < 1.29 is 14.7 Å². The average molecular weight is 267 g/mol. The fraction of sp³-hybridized carbons (Fsp3) is 0.385. The second kappa shape index (κ2) is 5.44. The van der Waals surface area contributed by atoms with E-state index in [0.29, 0.717) is 12.0 Å². The summed E-state index contributed by atoms with van der Waals surface area (Å²) in [5, 5.41) is 10.0. The number of hydrogen-bond acceptors (Lipinski definition) is 4. The Balaban J connectivity index is 3.32. The summed E-state index contributed by atoms with van der Waals surface area (Å²) >= 11 is 0.938. The van der Waals surface area contributed by atoms with Gasteiger partial charge in [-0.1, -0.05) is 43.0 Å². The van der Waals surface area contributed by atoms with Crippen LogP contribution < -0.4 is 5.73 Å². The Morgan fingerprint density at radius 3 is 2.61 bits per heavy atom. The summed E-state index contributed by atoms with van der Waals surface area (Å²) in [5.41, 5.74) is 6.35. The largest absolute Gasteiger partial charge is 0.510 e. The van der Waals surface area contributed by atoms with E-state index in [1.165, 1.54) is 0 Å². The number of carbonyl (C=O) groups is 2. The fourth-order valence-corrected chi connectivity index (χ4v) is 3.27. The van der Waals surface area contributed by atoms with Crippen molar-refractivity contribution in [3.05, 3.63) is 35.6 Å². The Hall–Kier alpha value is -1.49. The van der Waals surface area contributed by atoms with Crippen LogP contribution in [0, 0.1) is 0 Å². The minimum Gasteiger partial charge on any atom is -0.510 e. The van der Waals surface area contributed by atoms with Gasteiger partial charge in [0, 0.05) is 5.57 Å². The van der Waals surface area contributed by atoms with E-state index in [1.54, 1.807) is 26.0 Å². The van der Waals surface area contributed by atoms with Crippen LogP contribution in [0.15, 0.2) is 35.6 Å². The molecule has 0 aliphatic carbocycles. The van der Waals surface area contributed by atoms with Gasteiger partial charge in [0.2, 0.25) is 11.0 Å². The molecule has 0 aromatic carbocycles. The summed E-state index contributed by atoms with van der Waals surface area (Å²) in [6, 6.07) is 0. The topological polar surface area (TPSA) is 80.4 Å². The molecule has 1 aliphatic rings. The van der Waals surface area contributed by atoms with Gasteiger partial charge >= 0.3 is 0 Å².